The summed E-state index contributed by atoms with van der Waals surface area (Å²) in [6.07, 6.45) is 2.07. The fourth-order valence-electron chi connectivity index (χ4n) is 4.57. The van der Waals surface area contributed by atoms with Gasteiger partial charge in [-0.2, -0.15) is 0 Å². The zero-order valence-corrected chi connectivity index (χ0v) is 18.3. The summed E-state index contributed by atoms with van der Waals surface area (Å²) in [5.74, 6) is -0.341. The van der Waals surface area contributed by atoms with Crippen molar-refractivity contribution in [3.05, 3.63) is 29.8 Å². The van der Waals surface area contributed by atoms with Crippen molar-refractivity contribution < 1.29 is 28.7 Å². The summed E-state index contributed by atoms with van der Waals surface area (Å²) in [7, 11) is 0. The molecule has 0 radical (unpaired) electrons. The molecule has 172 valence electrons. The monoisotopic (exact) mass is 443 g/mol. The van der Waals surface area contributed by atoms with Crippen LogP contribution in [0.3, 0.4) is 0 Å². The molecule has 32 heavy (non-hydrogen) atoms. The summed E-state index contributed by atoms with van der Waals surface area (Å²) in [6.45, 7) is 3.39. The van der Waals surface area contributed by atoms with Gasteiger partial charge in [-0.25, -0.2) is 0 Å². The Labute approximate surface area is 187 Å². The number of hydrogen-bond acceptors (Lipinski definition) is 6. The normalized spacial score (nSPS) is 23.8. The minimum Gasteiger partial charge on any atom is -0.467 e. The van der Waals surface area contributed by atoms with Gasteiger partial charge in [0.2, 0.25) is 11.8 Å². The Morgan fingerprint density at radius 3 is 2.66 bits per heavy atom. The van der Waals surface area contributed by atoms with E-state index >= 15 is 0 Å². The van der Waals surface area contributed by atoms with Gasteiger partial charge in [-0.3, -0.25) is 19.2 Å². The van der Waals surface area contributed by atoms with Crippen molar-refractivity contribution in [3.63, 3.8) is 0 Å². The summed E-state index contributed by atoms with van der Waals surface area (Å²) >= 11 is 0. The molecule has 0 aromatic heterocycles. The number of nitrogens with zero attached hydrogens (tertiary/aromatic N) is 2. The Balaban J connectivity index is 1.34. The zero-order valence-electron chi connectivity index (χ0n) is 18.3. The number of esters is 1. The van der Waals surface area contributed by atoms with Gasteiger partial charge < -0.3 is 24.6 Å². The van der Waals surface area contributed by atoms with Crippen molar-refractivity contribution in [2.45, 2.75) is 44.8 Å². The van der Waals surface area contributed by atoms with Crippen LogP contribution in [-0.4, -0.2) is 72.0 Å². The Hall–Kier alpha value is -3.10. The van der Waals surface area contributed by atoms with Crippen LogP contribution < -0.4 is 10.1 Å². The van der Waals surface area contributed by atoms with Crippen LogP contribution in [0, 0.1) is 5.92 Å². The van der Waals surface area contributed by atoms with Crippen molar-refractivity contribution >= 4 is 23.7 Å². The number of likely N-dealkylation sites (tertiary alicyclic amines) is 2. The topological polar surface area (TPSA) is 105 Å². The Kier molecular flexibility index (Phi) is 6.34. The van der Waals surface area contributed by atoms with Crippen molar-refractivity contribution in [2.24, 2.45) is 5.92 Å². The molecule has 1 atom stereocenters. The molecule has 1 spiro atoms. The first-order valence-corrected chi connectivity index (χ1v) is 11.2. The number of carbonyl (C=O) groups excluding carboxylic acids is 4. The van der Waals surface area contributed by atoms with E-state index in [4.69, 9.17) is 9.47 Å². The van der Waals surface area contributed by atoms with E-state index in [0.717, 1.165) is 0 Å². The van der Waals surface area contributed by atoms with E-state index in [1.54, 1.807) is 34.9 Å². The molecule has 3 amide bonds. The molecular weight excluding hydrogens is 414 g/mol. The summed E-state index contributed by atoms with van der Waals surface area (Å²) in [6, 6.07) is 7.04. The molecule has 1 aromatic carbocycles. The highest BCUT2D eigenvalue weighted by Crippen LogP contribution is 2.33. The first-order valence-electron chi connectivity index (χ1n) is 11.2. The minimum absolute atomic E-state index is 0.0104. The highest BCUT2D eigenvalue weighted by molar-refractivity contribution is 5.98. The van der Waals surface area contributed by atoms with Gasteiger partial charge in [0.05, 0.1) is 24.6 Å². The van der Waals surface area contributed by atoms with Gasteiger partial charge in [0, 0.05) is 38.9 Å². The third-order valence-corrected chi connectivity index (χ3v) is 6.45. The van der Waals surface area contributed by atoms with Gasteiger partial charge in [-0.05, 0) is 31.9 Å². The second-order valence-electron chi connectivity index (χ2n) is 8.52. The molecule has 1 unspecified atom stereocenters. The SMILES string of the molecule is CCOC(=O)C1CCN(C(=O)CN2CCC3(CCC2=O)NC(=O)c2ccccc2O3)CC1. The third-order valence-electron chi connectivity index (χ3n) is 6.45. The summed E-state index contributed by atoms with van der Waals surface area (Å²) < 4.78 is 11.2. The fraction of sp³-hybridized carbons (Fsp3) is 0.565. The summed E-state index contributed by atoms with van der Waals surface area (Å²) in [4.78, 5) is 53.3. The number of amides is 3. The van der Waals surface area contributed by atoms with Gasteiger partial charge in [-0.15, -0.1) is 0 Å². The lowest BCUT2D eigenvalue weighted by Gasteiger charge is -2.38. The molecule has 0 aliphatic carbocycles. The largest absolute Gasteiger partial charge is 0.467 e. The first kappa shape index (κ1) is 22.1. The molecule has 4 rings (SSSR count). The molecule has 3 aliphatic rings. The average Bonchev–Trinajstić information content (AvgIpc) is 2.93. The molecule has 9 nitrogen and oxygen atoms in total. The number of para-hydroxylation sites is 1. The Bertz CT molecular complexity index is 911. The van der Waals surface area contributed by atoms with E-state index in [1.165, 1.54) is 0 Å². The molecule has 3 aliphatic heterocycles. The average molecular weight is 444 g/mol. The molecule has 0 saturated carbocycles. The van der Waals surface area contributed by atoms with E-state index < -0.39 is 5.72 Å². The number of fused-ring (bicyclic) bond motifs is 1. The molecule has 9 heteroatoms. The predicted molar refractivity (Wildman–Crippen MR) is 114 cm³/mol. The fourth-order valence-corrected chi connectivity index (χ4v) is 4.57. The number of carbonyl (C=O) groups is 4. The second-order valence-corrected chi connectivity index (χ2v) is 8.52. The number of ether oxygens (including phenoxy) is 2. The van der Waals surface area contributed by atoms with Crippen LogP contribution in [-0.2, 0) is 19.1 Å². The smallest absolute Gasteiger partial charge is 0.309 e. The van der Waals surface area contributed by atoms with Crippen molar-refractivity contribution in [1.82, 2.24) is 15.1 Å². The number of rotatable bonds is 4. The maximum absolute atomic E-state index is 12.8. The van der Waals surface area contributed by atoms with Crippen LogP contribution in [0.2, 0.25) is 0 Å². The van der Waals surface area contributed by atoms with E-state index in [-0.39, 0.29) is 42.6 Å². The standard InChI is InChI=1S/C23H29N3O6/c1-2-31-22(30)16-8-12-25(13-9-16)20(28)15-26-14-11-23(10-7-19(26)27)24-21(29)17-5-3-4-6-18(17)32-23/h3-6,16H,2,7-15H2,1H3,(H,24,29). The van der Waals surface area contributed by atoms with Crippen LogP contribution in [0.4, 0.5) is 0 Å². The van der Waals surface area contributed by atoms with Gasteiger partial charge in [0.15, 0.2) is 5.72 Å². The van der Waals surface area contributed by atoms with E-state index in [2.05, 4.69) is 5.32 Å². The van der Waals surface area contributed by atoms with E-state index in [9.17, 15) is 19.2 Å². The summed E-state index contributed by atoms with van der Waals surface area (Å²) in [5.41, 5.74) is -0.469. The number of piperidine rings is 1. The second kappa shape index (κ2) is 9.18. The molecule has 2 fully saturated rings. The van der Waals surface area contributed by atoms with Crippen LogP contribution in [0.15, 0.2) is 24.3 Å². The number of nitrogens with one attached hydrogen (secondary N) is 1. The minimum atomic E-state index is -0.948. The number of hydrogen-bond donors (Lipinski definition) is 1. The van der Waals surface area contributed by atoms with Crippen molar-refractivity contribution in [2.75, 3.05) is 32.8 Å². The van der Waals surface area contributed by atoms with Crippen LogP contribution >= 0.6 is 0 Å². The van der Waals surface area contributed by atoms with Crippen LogP contribution in [0.1, 0.15) is 49.4 Å². The van der Waals surface area contributed by atoms with E-state index in [1.807, 2.05) is 6.07 Å². The van der Waals surface area contributed by atoms with Gasteiger partial charge >= 0.3 is 5.97 Å². The zero-order chi connectivity index (χ0) is 22.7. The Morgan fingerprint density at radius 2 is 1.91 bits per heavy atom. The maximum Gasteiger partial charge on any atom is 0.309 e. The molecule has 2 saturated heterocycles. The lowest BCUT2D eigenvalue weighted by molar-refractivity contribution is -0.151. The maximum atomic E-state index is 12.8. The lowest BCUT2D eigenvalue weighted by Crippen LogP contribution is -2.56. The quantitative estimate of drug-likeness (QED) is 0.704. The van der Waals surface area contributed by atoms with Crippen LogP contribution in [0.5, 0.6) is 5.75 Å². The third kappa shape index (κ3) is 4.56. The highest BCUT2D eigenvalue weighted by atomic mass is 16.5. The highest BCUT2D eigenvalue weighted by Gasteiger charge is 2.43. The van der Waals surface area contributed by atoms with Crippen molar-refractivity contribution in [3.8, 4) is 5.75 Å². The Morgan fingerprint density at radius 1 is 1.16 bits per heavy atom. The lowest BCUT2D eigenvalue weighted by atomic mass is 9.97. The molecule has 3 heterocycles. The molecule has 0 bridgehead atoms. The van der Waals surface area contributed by atoms with Gasteiger partial charge in [0.25, 0.3) is 5.91 Å². The first-order chi connectivity index (χ1) is 15.4. The predicted octanol–water partition coefficient (Wildman–Crippen LogP) is 1.32. The number of benzene rings is 1. The van der Waals surface area contributed by atoms with Crippen molar-refractivity contribution in [1.29, 1.82) is 0 Å². The molecule has 1 aromatic rings. The molecule has 1 N–H and O–H groups in total. The van der Waals surface area contributed by atoms with E-state index in [0.29, 0.717) is 63.2 Å². The summed E-state index contributed by atoms with van der Waals surface area (Å²) in [5, 5.41) is 2.93. The van der Waals surface area contributed by atoms with Crippen LogP contribution in [0.25, 0.3) is 0 Å². The molecular formula is C23H29N3O6. The van der Waals surface area contributed by atoms with Gasteiger partial charge in [0.1, 0.15) is 5.75 Å². The van der Waals surface area contributed by atoms with Gasteiger partial charge in [-0.1, -0.05) is 12.1 Å².